The van der Waals surface area contributed by atoms with Crippen molar-refractivity contribution >= 4 is 90.8 Å². The third kappa shape index (κ3) is 6.14. The summed E-state index contributed by atoms with van der Waals surface area (Å²) in [4.78, 5) is 5.33. The molecule has 7 aromatic rings. The number of benzene rings is 6. The van der Waals surface area contributed by atoms with Crippen LogP contribution in [0.25, 0.3) is 21.9 Å². The number of para-hydroxylation sites is 1. The van der Waals surface area contributed by atoms with E-state index in [0.717, 1.165) is 21.6 Å². The Kier molecular flexibility index (Phi) is 8.97. The van der Waals surface area contributed by atoms with Gasteiger partial charge in [0.15, 0.2) is 0 Å². The number of halogens is 1. The summed E-state index contributed by atoms with van der Waals surface area (Å²) < 4.78 is 6.80. The van der Waals surface area contributed by atoms with Crippen molar-refractivity contribution in [3.8, 4) is 0 Å². The van der Waals surface area contributed by atoms with Crippen LogP contribution in [-0.2, 0) is 21.7 Å². The fourth-order valence-corrected chi connectivity index (χ4v) is 13.5. The van der Waals surface area contributed by atoms with Crippen LogP contribution >= 0.6 is 11.6 Å². The molecular formula is C60H64BClN2O. The molecule has 2 aliphatic heterocycles. The lowest BCUT2D eigenvalue weighted by Crippen LogP contribution is -2.61. The topological polar surface area (TPSA) is 19.6 Å². The third-order valence-corrected chi connectivity index (χ3v) is 17.7. The second kappa shape index (κ2) is 14.1. The highest BCUT2D eigenvalue weighted by Crippen LogP contribution is 2.54. The molecule has 1 saturated carbocycles. The highest BCUT2D eigenvalue weighted by molar-refractivity contribution is 7.00. The summed E-state index contributed by atoms with van der Waals surface area (Å²) in [5.74, 6) is 0.501. The average molecular weight is 875 g/mol. The molecule has 5 aliphatic rings. The maximum Gasteiger partial charge on any atom is 0.252 e. The minimum Gasteiger partial charge on any atom is -0.456 e. The number of fused-ring (bicyclic) bond motifs is 9. The van der Waals surface area contributed by atoms with Gasteiger partial charge in [0.2, 0.25) is 0 Å². The molecule has 3 nitrogen and oxygen atoms in total. The Labute approximate surface area is 392 Å². The van der Waals surface area contributed by atoms with Crippen molar-refractivity contribution in [3.63, 3.8) is 0 Å². The van der Waals surface area contributed by atoms with Crippen LogP contribution in [0.4, 0.5) is 34.1 Å². The molecule has 0 bridgehead atoms. The summed E-state index contributed by atoms with van der Waals surface area (Å²) in [6.45, 7) is 24.3. The van der Waals surface area contributed by atoms with Crippen LogP contribution in [0.2, 0.25) is 5.02 Å². The van der Waals surface area contributed by atoms with Gasteiger partial charge in [-0.2, -0.15) is 0 Å². The molecule has 1 aromatic heterocycles. The first-order valence-corrected chi connectivity index (χ1v) is 25.1. The molecule has 65 heavy (non-hydrogen) atoms. The molecular weight excluding hydrogens is 811 g/mol. The third-order valence-electron chi connectivity index (χ3n) is 17.4. The molecule has 0 spiro atoms. The normalized spacial score (nSPS) is 20.0. The summed E-state index contributed by atoms with van der Waals surface area (Å²) in [5, 5.41) is 3.09. The van der Waals surface area contributed by atoms with E-state index in [1.165, 1.54) is 153 Å². The van der Waals surface area contributed by atoms with Gasteiger partial charge in [-0.15, -0.1) is 0 Å². The van der Waals surface area contributed by atoms with Crippen molar-refractivity contribution in [1.82, 2.24) is 0 Å². The SMILES string of the molecule is Cc1cc2c(cc1N1c3cc(Cl)ccc3B3c4cc5c(cc4N(c4cc6c(cc4C)C(C)(C)CCC6(C)C)c4cc(C6CCCCC6)cc1c43)oc1ccccc15)C(C)(C)CCC2(C)C. The highest BCUT2D eigenvalue weighted by atomic mass is 35.5. The van der Waals surface area contributed by atoms with Gasteiger partial charge in [0.05, 0.1) is 0 Å². The predicted molar refractivity (Wildman–Crippen MR) is 279 cm³/mol. The van der Waals surface area contributed by atoms with Crippen molar-refractivity contribution in [3.05, 3.63) is 135 Å². The monoisotopic (exact) mass is 874 g/mol. The van der Waals surface area contributed by atoms with E-state index < -0.39 is 0 Å². The van der Waals surface area contributed by atoms with Gasteiger partial charge in [-0.25, -0.2) is 0 Å². The Hall–Kier alpha value is -4.93. The zero-order chi connectivity index (χ0) is 45.1. The van der Waals surface area contributed by atoms with Gasteiger partial charge in [0.25, 0.3) is 6.71 Å². The fraction of sp³-hybridized carbons (Fsp3) is 0.400. The quantitative estimate of drug-likeness (QED) is 0.165. The zero-order valence-corrected chi connectivity index (χ0v) is 41.1. The largest absolute Gasteiger partial charge is 0.456 e. The van der Waals surface area contributed by atoms with Crippen LogP contribution in [0.1, 0.15) is 158 Å². The van der Waals surface area contributed by atoms with Gasteiger partial charge in [-0.05, 0) is 178 Å². The van der Waals surface area contributed by atoms with E-state index in [1.807, 2.05) is 0 Å². The van der Waals surface area contributed by atoms with E-state index in [1.54, 1.807) is 0 Å². The summed E-state index contributed by atoms with van der Waals surface area (Å²) in [6.07, 6.45) is 11.1. The molecule has 3 aliphatic carbocycles. The van der Waals surface area contributed by atoms with Gasteiger partial charge in [-0.1, -0.05) is 129 Å². The van der Waals surface area contributed by atoms with Crippen LogP contribution in [0.15, 0.2) is 95.4 Å². The first kappa shape index (κ1) is 41.5. The summed E-state index contributed by atoms with van der Waals surface area (Å²) in [7, 11) is 0. The van der Waals surface area contributed by atoms with Crippen LogP contribution in [-0.4, -0.2) is 6.71 Å². The summed E-state index contributed by atoms with van der Waals surface area (Å²) in [5.41, 5.74) is 23.8. The molecule has 0 atom stereocenters. The van der Waals surface area contributed by atoms with E-state index in [4.69, 9.17) is 16.0 Å². The molecule has 0 unspecified atom stereocenters. The Morgan fingerprint density at radius 3 is 1.60 bits per heavy atom. The number of anilines is 6. The minimum atomic E-state index is -0.0187. The van der Waals surface area contributed by atoms with E-state index in [2.05, 4.69) is 170 Å². The molecule has 0 amide bonds. The van der Waals surface area contributed by atoms with Crippen LogP contribution in [0, 0.1) is 13.8 Å². The molecule has 330 valence electrons. The number of nitrogens with zero attached hydrogens (tertiary/aromatic N) is 2. The van der Waals surface area contributed by atoms with Crippen LogP contribution in [0.5, 0.6) is 0 Å². The molecule has 12 rings (SSSR count). The number of hydrogen-bond donors (Lipinski definition) is 0. The lowest BCUT2D eigenvalue weighted by Gasteiger charge is -2.47. The van der Waals surface area contributed by atoms with E-state index in [0.29, 0.717) is 5.92 Å². The van der Waals surface area contributed by atoms with Gasteiger partial charge >= 0.3 is 0 Å². The second-order valence-electron chi connectivity index (χ2n) is 23.5. The number of furan rings is 1. The molecule has 6 aromatic carbocycles. The molecule has 5 heteroatoms. The Balaban J connectivity index is 1.21. The lowest BCUT2D eigenvalue weighted by molar-refractivity contribution is 0.332. The summed E-state index contributed by atoms with van der Waals surface area (Å²) in [6, 6.07) is 35.7. The standard InChI is InChI=1S/C60H64BClN2O/c1-35-26-42-44(59(7,8)24-22-57(42,3)4)32-48(35)63-50-30-39(62)20-21-46(50)61-47-31-41-40-18-14-15-19-54(40)65-55(41)34-51(47)64(53-29-38(28-52(63)56(53)61)37-16-12-11-13-17-37)49-33-45-43(27-36(49)2)58(5,6)23-25-60(45,9)10/h14-15,18-21,26-34,37H,11-13,16-17,22-25H2,1-10H3. The van der Waals surface area contributed by atoms with E-state index >= 15 is 0 Å². The highest BCUT2D eigenvalue weighted by Gasteiger charge is 2.47. The maximum atomic E-state index is 7.19. The van der Waals surface area contributed by atoms with Gasteiger partial charge in [0, 0.05) is 56.0 Å². The van der Waals surface area contributed by atoms with Crippen LogP contribution in [0.3, 0.4) is 0 Å². The fourth-order valence-electron chi connectivity index (χ4n) is 13.3. The van der Waals surface area contributed by atoms with Crippen molar-refractivity contribution in [2.45, 2.75) is 155 Å². The lowest BCUT2D eigenvalue weighted by atomic mass is 9.33. The summed E-state index contributed by atoms with van der Waals surface area (Å²) >= 11 is 7.19. The minimum absolute atomic E-state index is 0.0187. The van der Waals surface area contributed by atoms with E-state index in [-0.39, 0.29) is 28.4 Å². The van der Waals surface area contributed by atoms with Crippen molar-refractivity contribution < 1.29 is 4.42 Å². The Morgan fingerprint density at radius 1 is 0.508 bits per heavy atom. The second-order valence-corrected chi connectivity index (χ2v) is 24.0. The van der Waals surface area contributed by atoms with Crippen molar-refractivity contribution in [2.24, 2.45) is 0 Å². The van der Waals surface area contributed by atoms with Gasteiger partial charge in [-0.3, -0.25) is 0 Å². The average Bonchev–Trinajstić information content (AvgIpc) is 3.64. The number of hydrogen-bond acceptors (Lipinski definition) is 3. The van der Waals surface area contributed by atoms with Gasteiger partial charge in [0.1, 0.15) is 11.2 Å². The molecule has 3 heterocycles. The molecule has 0 N–H and O–H groups in total. The predicted octanol–water partition coefficient (Wildman–Crippen LogP) is 15.7. The molecule has 0 radical (unpaired) electrons. The smallest absolute Gasteiger partial charge is 0.252 e. The Bertz CT molecular complexity index is 3160. The van der Waals surface area contributed by atoms with Crippen LogP contribution < -0.4 is 26.2 Å². The van der Waals surface area contributed by atoms with Crippen molar-refractivity contribution in [1.29, 1.82) is 0 Å². The van der Waals surface area contributed by atoms with Gasteiger partial charge < -0.3 is 14.2 Å². The number of aryl methyl sites for hydroxylation is 2. The van der Waals surface area contributed by atoms with Crippen molar-refractivity contribution in [2.75, 3.05) is 9.80 Å². The Morgan fingerprint density at radius 2 is 1.03 bits per heavy atom. The number of rotatable bonds is 3. The molecule has 0 saturated heterocycles. The first-order valence-electron chi connectivity index (χ1n) is 24.8. The zero-order valence-electron chi connectivity index (χ0n) is 40.4. The first-order chi connectivity index (χ1) is 30.9. The maximum absolute atomic E-state index is 7.19. The van der Waals surface area contributed by atoms with E-state index in [9.17, 15) is 0 Å². The molecule has 1 fully saturated rings.